The van der Waals surface area contributed by atoms with Crippen LogP contribution in [-0.4, -0.2) is 23.3 Å². The highest BCUT2D eigenvalue weighted by Crippen LogP contribution is 2.19. The first-order valence-electron chi connectivity index (χ1n) is 6.03. The lowest BCUT2D eigenvalue weighted by Crippen LogP contribution is -2.46. The van der Waals surface area contributed by atoms with Gasteiger partial charge in [-0.1, -0.05) is 26.7 Å². The van der Waals surface area contributed by atoms with Gasteiger partial charge < -0.3 is 10.4 Å². The van der Waals surface area contributed by atoms with Crippen molar-refractivity contribution in [3.8, 4) is 0 Å². The summed E-state index contributed by atoms with van der Waals surface area (Å²) in [6, 6.07) is 0.880. The van der Waals surface area contributed by atoms with Crippen molar-refractivity contribution in [2.75, 3.05) is 0 Å². The Hall–Kier alpha value is -0.0800. The molecule has 0 spiro atoms. The van der Waals surface area contributed by atoms with Crippen molar-refractivity contribution in [3.05, 3.63) is 0 Å². The topological polar surface area (TPSA) is 32.3 Å². The zero-order valence-electron chi connectivity index (χ0n) is 9.79. The summed E-state index contributed by atoms with van der Waals surface area (Å²) >= 11 is 0. The van der Waals surface area contributed by atoms with E-state index in [2.05, 4.69) is 26.1 Å². The molecule has 1 fully saturated rings. The molecule has 0 amide bonds. The molecule has 0 radical (unpaired) electrons. The van der Waals surface area contributed by atoms with Gasteiger partial charge in [-0.3, -0.25) is 0 Å². The summed E-state index contributed by atoms with van der Waals surface area (Å²) in [5.74, 6) is 0.734. The Morgan fingerprint density at radius 3 is 2.43 bits per heavy atom. The van der Waals surface area contributed by atoms with E-state index in [9.17, 15) is 5.11 Å². The summed E-state index contributed by atoms with van der Waals surface area (Å²) in [5, 5.41) is 13.3. The predicted octanol–water partition coefficient (Wildman–Crippen LogP) is 2.31. The third kappa shape index (κ3) is 3.97. The molecule has 0 aromatic heterocycles. The number of hydrogen-bond acceptors (Lipinski definition) is 2. The van der Waals surface area contributed by atoms with Crippen molar-refractivity contribution in [2.24, 2.45) is 5.92 Å². The molecule has 14 heavy (non-hydrogen) atoms. The van der Waals surface area contributed by atoms with E-state index >= 15 is 0 Å². The van der Waals surface area contributed by atoms with Crippen molar-refractivity contribution < 1.29 is 5.11 Å². The first-order chi connectivity index (χ1) is 6.59. The maximum Gasteiger partial charge on any atom is 0.0693 e. The van der Waals surface area contributed by atoms with Crippen molar-refractivity contribution in [1.29, 1.82) is 0 Å². The fourth-order valence-electron chi connectivity index (χ4n) is 2.45. The zero-order chi connectivity index (χ0) is 10.6. The molecule has 84 valence electrons. The normalized spacial score (nSPS) is 30.6. The molecule has 0 aliphatic heterocycles. The van der Waals surface area contributed by atoms with E-state index in [0.717, 1.165) is 18.8 Å². The molecule has 1 saturated carbocycles. The van der Waals surface area contributed by atoms with E-state index in [1.165, 1.54) is 19.3 Å². The van der Waals surface area contributed by atoms with Crippen molar-refractivity contribution in [3.63, 3.8) is 0 Å². The Morgan fingerprint density at radius 2 is 1.86 bits per heavy atom. The van der Waals surface area contributed by atoms with Gasteiger partial charge in [0.05, 0.1) is 6.10 Å². The maximum atomic E-state index is 9.79. The number of rotatable bonds is 4. The van der Waals surface area contributed by atoms with Crippen LogP contribution in [0.2, 0.25) is 0 Å². The predicted molar refractivity (Wildman–Crippen MR) is 60.3 cm³/mol. The Labute approximate surface area is 88.1 Å². The van der Waals surface area contributed by atoms with Gasteiger partial charge >= 0.3 is 0 Å². The number of hydrogen-bond donors (Lipinski definition) is 2. The third-order valence-electron chi connectivity index (χ3n) is 3.05. The zero-order valence-corrected chi connectivity index (χ0v) is 9.79. The van der Waals surface area contributed by atoms with Crippen LogP contribution in [0.15, 0.2) is 0 Å². The van der Waals surface area contributed by atoms with Gasteiger partial charge in [0.1, 0.15) is 0 Å². The number of aliphatic hydroxyl groups excluding tert-OH is 1. The Balaban J connectivity index is 2.27. The summed E-state index contributed by atoms with van der Waals surface area (Å²) < 4.78 is 0. The van der Waals surface area contributed by atoms with Gasteiger partial charge in [0, 0.05) is 12.1 Å². The standard InChI is InChI=1S/C12H25NO/c1-9(2)8-10(3)13-11-6-4-5-7-12(11)14/h9-14H,4-8H2,1-3H3. The third-order valence-corrected chi connectivity index (χ3v) is 3.05. The summed E-state index contributed by atoms with van der Waals surface area (Å²) in [6.45, 7) is 6.71. The largest absolute Gasteiger partial charge is 0.392 e. The molecular weight excluding hydrogens is 174 g/mol. The molecule has 2 heteroatoms. The van der Waals surface area contributed by atoms with Gasteiger partial charge in [0.25, 0.3) is 0 Å². The molecule has 0 saturated heterocycles. The van der Waals surface area contributed by atoms with Gasteiger partial charge in [-0.25, -0.2) is 0 Å². The molecule has 1 aliphatic rings. The smallest absolute Gasteiger partial charge is 0.0693 e. The molecule has 2 nitrogen and oxygen atoms in total. The summed E-state index contributed by atoms with van der Waals surface area (Å²) in [4.78, 5) is 0. The lowest BCUT2D eigenvalue weighted by Gasteiger charge is -2.31. The maximum absolute atomic E-state index is 9.79. The van der Waals surface area contributed by atoms with E-state index in [4.69, 9.17) is 0 Å². The van der Waals surface area contributed by atoms with Crippen LogP contribution in [0.5, 0.6) is 0 Å². The van der Waals surface area contributed by atoms with Gasteiger partial charge in [-0.05, 0) is 32.1 Å². The SMILES string of the molecule is CC(C)CC(C)NC1CCCCC1O. The number of aliphatic hydroxyl groups is 1. The van der Waals surface area contributed by atoms with Gasteiger partial charge in [-0.2, -0.15) is 0 Å². The first-order valence-corrected chi connectivity index (χ1v) is 6.03. The van der Waals surface area contributed by atoms with Crippen molar-refractivity contribution in [2.45, 2.75) is 71.1 Å². The van der Waals surface area contributed by atoms with Crippen LogP contribution in [-0.2, 0) is 0 Å². The minimum atomic E-state index is -0.113. The quantitative estimate of drug-likeness (QED) is 0.728. The van der Waals surface area contributed by atoms with E-state index < -0.39 is 0 Å². The average molecular weight is 199 g/mol. The second-order valence-electron chi connectivity index (χ2n) is 5.16. The van der Waals surface area contributed by atoms with Crippen LogP contribution in [0, 0.1) is 5.92 Å². The van der Waals surface area contributed by atoms with Gasteiger partial charge in [0.2, 0.25) is 0 Å². The van der Waals surface area contributed by atoms with E-state index in [1.807, 2.05) is 0 Å². The van der Waals surface area contributed by atoms with Crippen molar-refractivity contribution >= 4 is 0 Å². The molecule has 1 rings (SSSR count). The highest BCUT2D eigenvalue weighted by atomic mass is 16.3. The minimum absolute atomic E-state index is 0.113. The Kier molecular flexibility index (Phi) is 4.90. The van der Waals surface area contributed by atoms with Crippen LogP contribution in [0.25, 0.3) is 0 Å². The van der Waals surface area contributed by atoms with Crippen LogP contribution < -0.4 is 5.32 Å². The second kappa shape index (κ2) is 5.72. The van der Waals surface area contributed by atoms with Crippen LogP contribution >= 0.6 is 0 Å². The molecule has 0 heterocycles. The molecular formula is C12H25NO. The minimum Gasteiger partial charge on any atom is -0.392 e. The molecule has 3 atom stereocenters. The van der Waals surface area contributed by atoms with Gasteiger partial charge in [-0.15, -0.1) is 0 Å². The Bertz CT molecular complexity index is 158. The van der Waals surface area contributed by atoms with E-state index in [0.29, 0.717) is 12.1 Å². The fraction of sp³-hybridized carbons (Fsp3) is 1.00. The first kappa shape index (κ1) is 12.0. The summed E-state index contributed by atoms with van der Waals surface area (Å²) in [5.41, 5.74) is 0. The number of nitrogens with one attached hydrogen (secondary N) is 1. The molecule has 3 unspecified atom stereocenters. The molecule has 1 aliphatic carbocycles. The summed E-state index contributed by atoms with van der Waals surface area (Å²) in [6.07, 6.45) is 5.67. The van der Waals surface area contributed by atoms with Crippen LogP contribution in [0.3, 0.4) is 0 Å². The monoisotopic (exact) mass is 199 g/mol. The lowest BCUT2D eigenvalue weighted by molar-refractivity contribution is 0.0844. The second-order valence-corrected chi connectivity index (χ2v) is 5.16. The lowest BCUT2D eigenvalue weighted by atomic mass is 9.91. The summed E-state index contributed by atoms with van der Waals surface area (Å²) in [7, 11) is 0. The van der Waals surface area contributed by atoms with Gasteiger partial charge in [0.15, 0.2) is 0 Å². The molecule has 0 aromatic rings. The average Bonchev–Trinajstić information content (AvgIpc) is 2.07. The molecule has 0 aromatic carbocycles. The highest BCUT2D eigenvalue weighted by molar-refractivity contribution is 4.82. The fourth-order valence-corrected chi connectivity index (χ4v) is 2.45. The van der Waals surface area contributed by atoms with Crippen molar-refractivity contribution in [1.82, 2.24) is 5.32 Å². The molecule has 2 N–H and O–H groups in total. The van der Waals surface area contributed by atoms with Crippen LogP contribution in [0.4, 0.5) is 0 Å². The van der Waals surface area contributed by atoms with E-state index in [1.54, 1.807) is 0 Å². The van der Waals surface area contributed by atoms with Crippen LogP contribution in [0.1, 0.15) is 52.9 Å². The Morgan fingerprint density at radius 1 is 1.21 bits per heavy atom. The molecule has 0 bridgehead atoms. The van der Waals surface area contributed by atoms with E-state index in [-0.39, 0.29) is 6.10 Å². The highest BCUT2D eigenvalue weighted by Gasteiger charge is 2.23.